The van der Waals surface area contributed by atoms with Gasteiger partial charge in [-0.3, -0.25) is 4.68 Å². The normalized spacial score (nSPS) is 14.8. The number of aryl methyl sites for hydroxylation is 2. The maximum Gasteiger partial charge on any atom is 0.130 e. The van der Waals surface area contributed by atoms with Crippen molar-refractivity contribution in [3.05, 3.63) is 16.4 Å². The summed E-state index contributed by atoms with van der Waals surface area (Å²) in [5.41, 5.74) is 2.24. The highest BCUT2D eigenvalue weighted by Crippen LogP contribution is 2.23. The van der Waals surface area contributed by atoms with Crippen molar-refractivity contribution in [2.24, 2.45) is 13.0 Å². The molecule has 1 heterocycles. The van der Waals surface area contributed by atoms with Gasteiger partial charge in [0.2, 0.25) is 0 Å². The molecule has 0 spiro atoms. The Bertz CT molecular complexity index is 373. The van der Waals surface area contributed by atoms with E-state index in [1.807, 2.05) is 14.0 Å². The lowest BCUT2D eigenvalue weighted by atomic mass is 9.91. The zero-order valence-corrected chi connectivity index (χ0v) is 13.0. The number of hydrogen-bond acceptors (Lipinski definition) is 2. The van der Waals surface area contributed by atoms with E-state index in [0.717, 1.165) is 23.8 Å². The van der Waals surface area contributed by atoms with E-state index in [-0.39, 0.29) is 0 Å². The summed E-state index contributed by atoms with van der Waals surface area (Å²) in [5.74, 6) is 0.658. The highest BCUT2D eigenvalue weighted by atomic mass is 35.5. The Labute approximate surface area is 116 Å². The van der Waals surface area contributed by atoms with E-state index < -0.39 is 0 Å². The van der Waals surface area contributed by atoms with Gasteiger partial charge in [0.1, 0.15) is 5.15 Å². The molecule has 1 aromatic rings. The maximum absolute atomic E-state index is 6.31. The summed E-state index contributed by atoms with van der Waals surface area (Å²) in [6.45, 7) is 9.74. The monoisotopic (exact) mass is 271 g/mol. The molecule has 104 valence electrons. The van der Waals surface area contributed by atoms with E-state index in [1.54, 1.807) is 4.68 Å². The van der Waals surface area contributed by atoms with Crippen molar-refractivity contribution in [3.8, 4) is 0 Å². The lowest BCUT2D eigenvalue weighted by Gasteiger charge is -2.24. The van der Waals surface area contributed by atoms with Gasteiger partial charge in [-0.2, -0.15) is 5.10 Å². The molecule has 1 rings (SSSR count). The molecule has 0 saturated carbocycles. The molecule has 0 radical (unpaired) electrons. The van der Waals surface area contributed by atoms with Crippen molar-refractivity contribution in [1.82, 2.24) is 15.1 Å². The molecule has 3 nitrogen and oxygen atoms in total. The number of halogens is 1. The molecular formula is C14H26ClN3. The summed E-state index contributed by atoms with van der Waals surface area (Å²) in [4.78, 5) is 0. The van der Waals surface area contributed by atoms with Crippen molar-refractivity contribution in [2.45, 2.75) is 53.0 Å². The minimum absolute atomic E-state index is 0.482. The number of rotatable bonds is 7. The summed E-state index contributed by atoms with van der Waals surface area (Å²) in [5, 5.41) is 8.75. The van der Waals surface area contributed by atoms with Crippen molar-refractivity contribution >= 4 is 11.6 Å². The minimum Gasteiger partial charge on any atom is -0.314 e. The predicted octanol–water partition coefficient (Wildman–Crippen LogP) is 3.34. The average Bonchev–Trinajstić information content (AvgIpc) is 2.55. The van der Waals surface area contributed by atoms with Crippen LogP contribution in [0.15, 0.2) is 0 Å². The number of hydrogen-bond donors (Lipinski definition) is 1. The van der Waals surface area contributed by atoms with E-state index in [1.165, 1.54) is 18.4 Å². The third-order valence-electron chi connectivity index (χ3n) is 3.59. The fourth-order valence-corrected chi connectivity index (χ4v) is 2.77. The second-order valence-corrected chi connectivity index (χ2v) is 5.47. The quantitative estimate of drug-likeness (QED) is 0.824. The van der Waals surface area contributed by atoms with Crippen LogP contribution in [0, 0.1) is 12.8 Å². The van der Waals surface area contributed by atoms with Crippen molar-refractivity contribution in [2.75, 3.05) is 6.54 Å². The first-order chi connectivity index (χ1) is 8.51. The van der Waals surface area contributed by atoms with Gasteiger partial charge in [0.25, 0.3) is 0 Å². The maximum atomic E-state index is 6.31. The van der Waals surface area contributed by atoms with Gasteiger partial charge in [0.05, 0.1) is 5.69 Å². The Hall–Kier alpha value is -0.540. The van der Waals surface area contributed by atoms with E-state index >= 15 is 0 Å². The summed E-state index contributed by atoms with van der Waals surface area (Å²) >= 11 is 6.31. The molecule has 0 bridgehead atoms. The molecule has 4 heteroatoms. The number of nitrogens with one attached hydrogen (secondary N) is 1. The fourth-order valence-electron chi connectivity index (χ4n) is 2.52. The Morgan fingerprint density at radius 3 is 2.50 bits per heavy atom. The average molecular weight is 272 g/mol. The lowest BCUT2D eigenvalue weighted by molar-refractivity contribution is 0.357. The molecule has 2 unspecified atom stereocenters. The van der Waals surface area contributed by atoms with Gasteiger partial charge in [-0.1, -0.05) is 38.8 Å². The molecular weight excluding hydrogens is 246 g/mol. The van der Waals surface area contributed by atoms with Crippen molar-refractivity contribution < 1.29 is 0 Å². The SMILES string of the molecule is CCCC(C)C(Cc1c(C)nn(C)c1Cl)NCC. The van der Waals surface area contributed by atoms with E-state index in [4.69, 9.17) is 11.6 Å². The van der Waals surface area contributed by atoms with Gasteiger partial charge in [0, 0.05) is 18.7 Å². The van der Waals surface area contributed by atoms with E-state index in [9.17, 15) is 0 Å². The Morgan fingerprint density at radius 2 is 2.06 bits per heavy atom. The zero-order valence-electron chi connectivity index (χ0n) is 12.3. The third-order valence-corrected chi connectivity index (χ3v) is 4.06. The third kappa shape index (κ3) is 3.72. The van der Waals surface area contributed by atoms with Crippen LogP contribution in [0.5, 0.6) is 0 Å². The van der Waals surface area contributed by atoms with Gasteiger partial charge in [-0.05, 0) is 32.2 Å². The van der Waals surface area contributed by atoms with Gasteiger partial charge < -0.3 is 5.32 Å². The van der Waals surface area contributed by atoms with Crippen LogP contribution < -0.4 is 5.32 Å². The van der Waals surface area contributed by atoms with Gasteiger partial charge >= 0.3 is 0 Å². The molecule has 18 heavy (non-hydrogen) atoms. The fraction of sp³-hybridized carbons (Fsp3) is 0.786. The Balaban J connectivity index is 2.82. The second-order valence-electron chi connectivity index (χ2n) is 5.11. The Kier molecular flexibility index (Phi) is 6.16. The standard InChI is InChI=1S/C14H26ClN3/c1-6-8-10(3)13(16-7-2)9-12-11(4)17-18(5)14(12)15/h10,13,16H,6-9H2,1-5H3. The lowest BCUT2D eigenvalue weighted by Crippen LogP contribution is -2.37. The smallest absolute Gasteiger partial charge is 0.130 e. The summed E-state index contributed by atoms with van der Waals surface area (Å²) in [7, 11) is 1.90. The van der Waals surface area contributed by atoms with Crippen LogP contribution in [0.25, 0.3) is 0 Å². The minimum atomic E-state index is 0.482. The molecule has 0 fully saturated rings. The van der Waals surface area contributed by atoms with Crippen LogP contribution in [0.2, 0.25) is 5.15 Å². The summed E-state index contributed by atoms with van der Waals surface area (Å²) in [6.07, 6.45) is 3.44. The molecule has 2 atom stereocenters. The van der Waals surface area contributed by atoms with Crippen LogP contribution in [0.1, 0.15) is 44.9 Å². The first kappa shape index (κ1) is 15.5. The van der Waals surface area contributed by atoms with Crippen LogP contribution in [-0.4, -0.2) is 22.4 Å². The summed E-state index contributed by atoms with van der Waals surface area (Å²) in [6, 6.07) is 0.482. The number of nitrogens with zero attached hydrogens (tertiary/aromatic N) is 2. The molecule has 1 N–H and O–H groups in total. The molecule has 0 aromatic carbocycles. The van der Waals surface area contributed by atoms with Gasteiger partial charge in [-0.15, -0.1) is 0 Å². The second kappa shape index (κ2) is 7.15. The number of aromatic nitrogens is 2. The van der Waals surface area contributed by atoms with Crippen molar-refractivity contribution in [3.63, 3.8) is 0 Å². The predicted molar refractivity (Wildman–Crippen MR) is 78.2 cm³/mol. The molecule has 0 aliphatic rings. The number of likely N-dealkylation sites (N-methyl/N-ethyl adjacent to an activating group) is 1. The van der Waals surface area contributed by atoms with Crippen LogP contribution in [0.3, 0.4) is 0 Å². The van der Waals surface area contributed by atoms with E-state index in [0.29, 0.717) is 12.0 Å². The molecule has 0 amide bonds. The van der Waals surface area contributed by atoms with Gasteiger partial charge in [-0.25, -0.2) is 0 Å². The van der Waals surface area contributed by atoms with Crippen LogP contribution in [0.4, 0.5) is 0 Å². The first-order valence-corrected chi connectivity index (χ1v) is 7.30. The summed E-state index contributed by atoms with van der Waals surface area (Å²) < 4.78 is 1.76. The largest absolute Gasteiger partial charge is 0.314 e. The first-order valence-electron chi connectivity index (χ1n) is 6.92. The molecule has 0 saturated heterocycles. The van der Waals surface area contributed by atoms with Gasteiger partial charge in [0.15, 0.2) is 0 Å². The highest BCUT2D eigenvalue weighted by Gasteiger charge is 2.20. The van der Waals surface area contributed by atoms with E-state index in [2.05, 4.69) is 31.2 Å². The van der Waals surface area contributed by atoms with Crippen molar-refractivity contribution in [1.29, 1.82) is 0 Å². The molecule has 0 aliphatic heterocycles. The van der Waals surface area contributed by atoms with Crippen LogP contribution in [-0.2, 0) is 13.5 Å². The van der Waals surface area contributed by atoms with Crippen LogP contribution >= 0.6 is 11.6 Å². The highest BCUT2D eigenvalue weighted by molar-refractivity contribution is 6.30. The Morgan fingerprint density at radius 1 is 1.39 bits per heavy atom. The topological polar surface area (TPSA) is 29.9 Å². The molecule has 1 aromatic heterocycles. The molecule has 0 aliphatic carbocycles. The zero-order chi connectivity index (χ0) is 13.7.